The zero-order valence-corrected chi connectivity index (χ0v) is 12.6. The Labute approximate surface area is 120 Å². The fourth-order valence-electron chi connectivity index (χ4n) is 2.09. The summed E-state index contributed by atoms with van der Waals surface area (Å²) in [6.45, 7) is 3.33. The lowest BCUT2D eigenvalue weighted by atomic mass is 10.2. The summed E-state index contributed by atoms with van der Waals surface area (Å²) in [5, 5.41) is 3.26. The van der Waals surface area contributed by atoms with Gasteiger partial charge in [0.25, 0.3) is 0 Å². The van der Waals surface area contributed by atoms with Crippen LogP contribution in [-0.4, -0.2) is 59.8 Å². The van der Waals surface area contributed by atoms with Gasteiger partial charge in [-0.1, -0.05) is 0 Å². The molecule has 0 amide bonds. The van der Waals surface area contributed by atoms with Crippen molar-refractivity contribution in [2.45, 2.75) is 11.0 Å². The molecule has 1 aromatic carbocycles. The predicted octanol–water partition coefficient (Wildman–Crippen LogP) is 0.337. The van der Waals surface area contributed by atoms with Gasteiger partial charge in [-0.15, -0.1) is 0 Å². The number of benzene rings is 1. The summed E-state index contributed by atoms with van der Waals surface area (Å²) in [6, 6.07) is 6.69. The number of likely N-dealkylation sites (N-methyl/N-ethyl adjacent to an activating group) is 1. The fourth-order valence-corrected chi connectivity index (χ4v) is 2.82. The van der Waals surface area contributed by atoms with Crippen LogP contribution in [0.3, 0.4) is 0 Å². The van der Waals surface area contributed by atoms with E-state index in [9.17, 15) is 8.42 Å². The highest BCUT2D eigenvalue weighted by atomic mass is 32.2. The van der Waals surface area contributed by atoms with E-state index in [1.807, 2.05) is 0 Å². The molecule has 20 heavy (non-hydrogen) atoms. The van der Waals surface area contributed by atoms with Gasteiger partial charge < -0.3 is 15.0 Å². The Morgan fingerprint density at radius 3 is 2.65 bits per heavy atom. The second kappa shape index (κ2) is 6.53. The van der Waals surface area contributed by atoms with Gasteiger partial charge in [-0.05, 0) is 38.4 Å². The molecule has 2 N–H and O–H groups in total. The zero-order valence-electron chi connectivity index (χ0n) is 11.8. The highest BCUT2D eigenvalue weighted by Crippen LogP contribution is 2.14. The molecule has 1 aliphatic rings. The molecule has 1 aliphatic heterocycles. The van der Waals surface area contributed by atoms with Crippen molar-refractivity contribution >= 4 is 15.7 Å². The topological polar surface area (TPSA) is 70.7 Å². The average Bonchev–Trinajstić information content (AvgIpc) is 2.46. The van der Waals surface area contributed by atoms with Crippen molar-refractivity contribution in [2.75, 3.05) is 45.7 Å². The summed E-state index contributed by atoms with van der Waals surface area (Å²) in [6.07, 6.45) is 0.162. The van der Waals surface area contributed by atoms with E-state index in [0.717, 1.165) is 25.4 Å². The van der Waals surface area contributed by atoms with Crippen molar-refractivity contribution in [1.82, 2.24) is 9.62 Å². The predicted molar refractivity (Wildman–Crippen MR) is 78.4 cm³/mol. The number of morpholine rings is 1. The monoisotopic (exact) mass is 299 g/mol. The first kappa shape index (κ1) is 15.2. The van der Waals surface area contributed by atoms with Crippen LogP contribution in [0.15, 0.2) is 29.2 Å². The molecule has 1 saturated heterocycles. The van der Waals surface area contributed by atoms with Gasteiger partial charge >= 0.3 is 0 Å². The molecule has 6 nitrogen and oxygen atoms in total. The van der Waals surface area contributed by atoms with Crippen molar-refractivity contribution in [3.05, 3.63) is 24.3 Å². The second-order valence-electron chi connectivity index (χ2n) is 4.87. The summed E-state index contributed by atoms with van der Waals surface area (Å²) >= 11 is 0. The van der Waals surface area contributed by atoms with Gasteiger partial charge in [0.2, 0.25) is 10.0 Å². The third kappa shape index (κ3) is 3.92. The van der Waals surface area contributed by atoms with E-state index in [0.29, 0.717) is 6.54 Å². The van der Waals surface area contributed by atoms with E-state index in [1.165, 1.54) is 7.05 Å². The number of sulfonamides is 1. The lowest BCUT2D eigenvalue weighted by Gasteiger charge is -2.30. The van der Waals surface area contributed by atoms with Crippen molar-refractivity contribution in [3.63, 3.8) is 0 Å². The van der Waals surface area contributed by atoms with Crippen molar-refractivity contribution in [1.29, 1.82) is 0 Å². The number of hydrogen-bond donors (Lipinski definition) is 2. The largest absolute Gasteiger partial charge is 0.382 e. The Kier molecular flexibility index (Phi) is 4.98. The summed E-state index contributed by atoms with van der Waals surface area (Å²) in [4.78, 5) is 2.50. The molecule has 7 heteroatoms. The Bertz CT molecular complexity index is 530. The van der Waals surface area contributed by atoms with Crippen LogP contribution in [-0.2, 0) is 14.8 Å². The van der Waals surface area contributed by atoms with Crippen LogP contribution < -0.4 is 10.0 Å². The molecule has 0 spiro atoms. The normalized spacial score (nSPS) is 20.8. The quantitative estimate of drug-likeness (QED) is 0.820. The minimum Gasteiger partial charge on any atom is -0.382 e. The molecule has 0 saturated carbocycles. The standard InChI is InChI=1S/C13H21N3O3S/c1-14-20(17,18)13-5-3-11(4-6-13)15-9-12-10-16(2)7-8-19-12/h3-6,12,14-15H,7-10H2,1-2H3. The first-order valence-corrected chi connectivity index (χ1v) is 8.07. The third-order valence-corrected chi connectivity index (χ3v) is 4.74. The molecular formula is C13H21N3O3S. The minimum atomic E-state index is -3.37. The first-order valence-electron chi connectivity index (χ1n) is 6.59. The van der Waals surface area contributed by atoms with Gasteiger partial charge in [0.1, 0.15) is 0 Å². The molecule has 2 rings (SSSR count). The molecule has 0 aromatic heterocycles. The Morgan fingerprint density at radius 2 is 2.05 bits per heavy atom. The van der Waals surface area contributed by atoms with Crippen molar-refractivity contribution in [3.8, 4) is 0 Å². The lowest BCUT2D eigenvalue weighted by Crippen LogP contribution is -2.43. The SMILES string of the molecule is CNS(=O)(=O)c1ccc(NCC2CN(C)CCO2)cc1. The maximum atomic E-state index is 11.6. The average molecular weight is 299 g/mol. The number of anilines is 1. The molecule has 1 aromatic rings. The van der Waals surface area contributed by atoms with Crippen molar-refractivity contribution in [2.24, 2.45) is 0 Å². The van der Waals surface area contributed by atoms with Crippen LogP contribution >= 0.6 is 0 Å². The number of ether oxygens (including phenoxy) is 1. The van der Waals surface area contributed by atoms with Crippen LogP contribution in [0.1, 0.15) is 0 Å². The van der Waals surface area contributed by atoms with Gasteiger partial charge in [0.15, 0.2) is 0 Å². The van der Waals surface area contributed by atoms with E-state index in [4.69, 9.17) is 4.74 Å². The van der Waals surface area contributed by atoms with E-state index in [1.54, 1.807) is 24.3 Å². The fraction of sp³-hybridized carbons (Fsp3) is 0.538. The molecule has 0 bridgehead atoms. The first-order chi connectivity index (χ1) is 9.51. The molecule has 0 aliphatic carbocycles. The van der Waals surface area contributed by atoms with E-state index >= 15 is 0 Å². The van der Waals surface area contributed by atoms with Crippen LogP contribution in [0.5, 0.6) is 0 Å². The van der Waals surface area contributed by atoms with Gasteiger partial charge in [-0.2, -0.15) is 0 Å². The van der Waals surface area contributed by atoms with E-state index in [-0.39, 0.29) is 11.0 Å². The van der Waals surface area contributed by atoms with E-state index in [2.05, 4.69) is 22.0 Å². The van der Waals surface area contributed by atoms with Crippen LogP contribution in [0.2, 0.25) is 0 Å². The highest BCUT2D eigenvalue weighted by molar-refractivity contribution is 7.89. The molecular weight excluding hydrogens is 278 g/mol. The molecule has 1 heterocycles. The summed E-state index contributed by atoms with van der Waals surface area (Å²) in [5.74, 6) is 0. The van der Waals surface area contributed by atoms with Gasteiger partial charge in [-0.3, -0.25) is 0 Å². The molecule has 1 unspecified atom stereocenters. The zero-order chi connectivity index (χ0) is 14.6. The highest BCUT2D eigenvalue weighted by Gasteiger charge is 2.17. The minimum absolute atomic E-state index is 0.162. The Hall–Kier alpha value is -1.15. The van der Waals surface area contributed by atoms with Crippen LogP contribution in [0.25, 0.3) is 0 Å². The summed E-state index contributed by atoms with van der Waals surface area (Å²) in [5.41, 5.74) is 0.886. The van der Waals surface area contributed by atoms with Crippen molar-refractivity contribution < 1.29 is 13.2 Å². The molecule has 1 fully saturated rings. The Morgan fingerprint density at radius 1 is 1.35 bits per heavy atom. The third-order valence-electron chi connectivity index (χ3n) is 3.31. The Balaban J connectivity index is 1.91. The van der Waals surface area contributed by atoms with Gasteiger partial charge in [0.05, 0.1) is 17.6 Å². The number of nitrogens with one attached hydrogen (secondary N) is 2. The smallest absolute Gasteiger partial charge is 0.240 e. The number of hydrogen-bond acceptors (Lipinski definition) is 5. The van der Waals surface area contributed by atoms with Crippen LogP contribution in [0, 0.1) is 0 Å². The van der Waals surface area contributed by atoms with Gasteiger partial charge in [-0.25, -0.2) is 13.1 Å². The molecule has 0 radical (unpaired) electrons. The number of nitrogens with zero attached hydrogens (tertiary/aromatic N) is 1. The maximum Gasteiger partial charge on any atom is 0.240 e. The molecule has 112 valence electrons. The second-order valence-corrected chi connectivity index (χ2v) is 6.75. The summed E-state index contributed by atoms with van der Waals surface area (Å²) in [7, 11) is 0.111. The van der Waals surface area contributed by atoms with Gasteiger partial charge in [0, 0.05) is 25.3 Å². The van der Waals surface area contributed by atoms with E-state index < -0.39 is 10.0 Å². The number of rotatable bonds is 5. The molecule has 1 atom stereocenters. The van der Waals surface area contributed by atoms with Crippen LogP contribution in [0.4, 0.5) is 5.69 Å². The lowest BCUT2D eigenvalue weighted by molar-refractivity contribution is -0.0117. The maximum absolute atomic E-state index is 11.6. The summed E-state index contributed by atoms with van der Waals surface area (Å²) < 4.78 is 31.1.